The van der Waals surface area contributed by atoms with Gasteiger partial charge in [0, 0.05) is 30.2 Å². The van der Waals surface area contributed by atoms with Gasteiger partial charge in [-0.05, 0) is 75.8 Å². The molecule has 1 saturated heterocycles. The van der Waals surface area contributed by atoms with Crippen LogP contribution in [0.3, 0.4) is 0 Å². The van der Waals surface area contributed by atoms with Crippen molar-refractivity contribution in [3.8, 4) is 11.4 Å². The highest BCUT2D eigenvalue weighted by molar-refractivity contribution is 6.30. The molecule has 0 aliphatic carbocycles. The number of benzene rings is 2. The van der Waals surface area contributed by atoms with Gasteiger partial charge in [0.15, 0.2) is 5.65 Å². The van der Waals surface area contributed by atoms with E-state index in [1.165, 1.54) is 17.1 Å². The summed E-state index contributed by atoms with van der Waals surface area (Å²) in [6.45, 7) is 2.34. The molecular formula is C29H33ClN6O4. The monoisotopic (exact) mass is 564 g/mol. The van der Waals surface area contributed by atoms with Gasteiger partial charge < -0.3 is 19.6 Å². The van der Waals surface area contributed by atoms with Crippen molar-refractivity contribution in [3.63, 3.8) is 0 Å². The second-order valence-corrected chi connectivity index (χ2v) is 10.9. The molecule has 1 fully saturated rings. The first-order valence-electron chi connectivity index (χ1n) is 13.3. The van der Waals surface area contributed by atoms with Crippen molar-refractivity contribution in [2.45, 2.75) is 31.4 Å². The third-order valence-corrected chi connectivity index (χ3v) is 7.42. The maximum atomic E-state index is 13.2. The highest BCUT2D eigenvalue weighted by Crippen LogP contribution is 2.26. The van der Waals surface area contributed by atoms with E-state index in [2.05, 4.69) is 15.0 Å². The first kappa shape index (κ1) is 27.8. The molecule has 1 aliphatic rings. The molecule has 1 amide bonds. The normalized spacial score (nSPS) is 15.1. The third kappa shape index (κ3) is 6.19. The predicted molar refractivity (Wildman–Crippen MR) is 153 cm³/mol. The summed E-state index contributed by atoms with van der Waals surface area (Å²) in [5, 5.41) is 16.6. The fourth-order valence-corrected chi connectivity index (χ4v) is 5.03. The Kier molecular flexibility index (Phi) is 8.20. The predicted octanol–water partition coefficient (Wildman–Crippen LogP) is 3.23. The van der Waals surface area contributed by atoms with Crippen molar-refractivity contribution >= 4 is 28.5 Å². The van der Waals surface area contributed by atoms with Crippen LogP contribution in [0.4, 0.5) is 0 Å². The molecule has 0 atom stereocenters. The zero-order valence-corrected chi connectivity index (χ0v) is 23.4. The summed E-state index contributed by atoms with van der Waals surface area (Å²) in [4.78, 5) is 34.7. The average molecular weight is 565 g/mol. The Hall–Kier alpha value is -3.73. The summed E-state index contributed by atoms with van der Waals surface area (Å²) < 4.78 is 8.82. The molecule has 0 saturated carbocycles. The molecule has 0 bridgehead atoms. The largest absolute Gasteiger partial charge is 0.494 e. The lowest BCUT2D eigenvalue weighted by atomic mass is 9.91. The van der Waals surface area contributed by atoms with Gasteiger partial charge in [0.05, 0.1) is 30.6 Å². The number of carbonyl (C=O) groups is 1. The molecule has 2 aromatic heterocycles. The number of piperidine rings is 1. The molecule has 0 spiro atoms. The Morgan fingerprint density at radius 2 is 1.90 bits per heavy atom. The van der Waals surface area contributed by atoms with Gasteiger partial charge in [0.25, 0.3) is 11.5 Å². The molecule has 0 radical (unpaired) electrons. The number of fused-ring (bicyclic) bond motifs is 1. The van der Waals surface area contributed by atoms with E-state index in [1.54, 1.807) is 46.0 Å². The number of hydrogen-bond acceptors (Lipinski definition) is 7. The number of rotatable bonds is 9. The molecule has 5 rings (SSSR count). The van der Waals surface area contributed by atoms with Crippen LogP contribution in [0.15, 0.2) is 65.8 Å². The van der Waals surface area contributed by atoms with Crippen molar-refractivity contribution in [2.24, 2.45) is 0 Å². The molecule has 2 aromatic carbocycles. The first-order chi connectivity index (χ1) is 19.2. The van der Waals surface area contributed by atoms with Crippen molar-refractivity contribution in [3.05, 3.63) is 82.0 Å². The molecule has 11 heteroatoms. The van der Waals surface area contributed by atoms with Gasteiger partial charge in [-0.2, -0.15) is 5.10 Å². The van der Waals surface area contributed by atoms with Crippen LogP contribution >= 0.6 is 11.6 Å². The Morgan fingerprint density at radius 3 is 2.62 bits per heavy atom. The number of carbonyl (C=O) groups excluding carboxylic acids is 1. The maximum Gasteiger partial charge on any atom is 0.264 e. The zero-order valence-electron chi connectivity index (χ0n) is 22.7. The quantitative estimate of drug-likeness (QED) is 0.311. The smallest absolute Gasteiger partial charge is 0.264 e. The van der Waals surface area contributed by atoms with Gasteiger partial charge in [-0.15, -0.1) is 0 Å². The molecular weight excluding hydrogens is 532 g/mol. The van der Waals surface area contributed by atoms with Crippen molar-refractivity contribution in [1.29, 1.82) is 0 Å². The lowest BCUT2D eigenvalue weighted by Crippen LogP contribution is -2.49. The summed E-state index contributed by atoms with van der Waals surface area (Å²) in [7, 11) is 4.04. The Bertz CT molecular complexity index is 1540. The standard InChI is InChI=1S/C29H33ClN6O4/c1-33(2)13-4-16-40-24-6-3-5-21(17-24)27(37)34-14-11-29(39,12-15-34)19-35-20-31-26-25(28(35)38)18-32-36(26)23-9-7-22(30)8-10-23/h3,5-10,17-18,20,39H,4,11-16,19H2,1-2H3. The first-order valence-corrected chi connectivity index (χ1v) is 13.7. The number of halogens is 1. The number of ether oxygens (including phenoxy) is 1. The van der Waals surface area contributed by atoms with Crippen LogP contribution in [-0.4, -0.2) is 86.1 Å². The summed E-state index contributed by atoms with van der Waals surface area (Å²) in [5.41, 5.74) is 0.305. The van der Waals surface area contributed by atoms with Crippen LogP contribution in [0.5, 0.6) is 5.75 Å². The van der Waals surface area contributed by atoms with Crippen LogP contribution in [0.25, 0.3) is 16.7 Å². The van der Waals surface area contributed by atoms with Crippen molar-refractivity contribution in [2.75, 3.05) is 40.3 Å². The Balaban J connectivity index is 1.22. The maximum absolute atomic E-state index is 13.2. The minimum absolute atomic E-state index is 0.0825. The van der Waals surface area contributed by atoms with Gasteiger partial charge in [-0.25, -0.2) is 9.67 Å². The van der Waals surface area contributed by atoms with E-state index in [0.29, 0.717) is 59.9 Å². The van der Waals surface area contributed by atoms with Gasteiger partial charge in [-0.3, -0.25) is 14.2 Å². The minimum Gasteiger partial charge on any atom is -0.494 e. The summed E-state index contributed by atoms with van der Waals surface area (Å²) in [5.74, 6) is 0.565. The van der Waals surface area contributed by atoms with Crippen molar-refractivity contribution < 1.29 is 14.6 Å². The van der Waals surface area contributed by atoms with Gasteiger partial charge in [0.1, 0.15) is 17.5 Å². The topological polar surface area (TPSA) is 106 Å². The highest BCUT2D eigenvalue weighted by atomic mass is 35.5. The molecule has 3 heterocycles. The highest BCUT2D eigenvalue weighted by Gasteiger charge is 2.35. The number of hydrogen-bond donors (Lipinski definition) is 1. The van der Waals surface area contributed by atoms with E-state index >= 15 is 0 Å². The van der Waals surface area contributed by atoms with Crippen LogP contribution in [0.2, 0.25) is 5.02 Å². The lowest BCUT2D eigenvalue weighted by molar-refractivity contribution is -0.0299. The second-order valence-electron chi connectivity index (χ2n) is 10.5. The molecule has 0 unspecified atom stereocenters. The third-order valence-electron chi connectivity index (χ3n) is 7.17. The van der Waals surface area contributed by atoms with Gasteiger partial charge in [0.2, 0.25) is 0 Å². The van der Waals surface area contributed by atoms with Crippen LogP contribution in [0.1, 0.15) is 29.6 Å². The van der Waals surface area contributed by atoms with E-state index in [1.807, 2.05) is 26.2 Å². The number of likely N-dealkylation sites (tertiary alicyclic amines) is 1. The molecule has 1 aliphatic heterocycles. The number of aliphatic hydroxyl groups is 1. The fraction of sp³-hybridized carbons (Fsp3) is 0.379. The van der Waals surface area contributed by atoms with Gasteiger partial charge >= 0.3 is 0 Å². The van der Waals surface area contributed by atoms with E-state index in [-0.39, 0.29) is 18.0 Å². The van der Waals surface area contributed by atoms with E-state index in [0.717, 1.165) is 18.7 Å². The molecule has 210 valence electrons. The fourth-order valence-electron chi connectivity index (χ4n) is 4.91. The van der Waals surface area contributed by atoms with Crippen LogP contribution in [0, 0.1) is 0 Å². The summed E-state index contributed by atoms with van der Waals surface area (Å²) in [6, 6.07) is 14.3. The van der Waals surface area contributed by atoms with Crippen molar-refractivity contribution in [1.82, 2.24) is 29.1 Å². The van der Waals surface area contributed by atoms with Crippen LogP contribution < -0.4 is 10.3 Å². The Labute approximate surface area is 237 Å². The van der Waals surface area contributed by atoms with Crippen LogP contribution in [-0.2, 0) is 6.54 Å². The average Bonchev–Trinajstić information content (AvgIpc) is 3.38. The van der Waals surface area contributed by atoms with E-state index in [9.17, 15) is 14.7 Å². The summed E-state index contributed by atoms with van der Waals surface area (Å²) >= 11 is 5.99. The molecule has 1 N–H and O–H groups in total. The molecule has 10 nitrogen and oxygen atoms in total. The number of nitrogens with zero attached hydrogens (tertiary/aromatic N) is 6. The number of aromatic nitrogens is 4. The number of amides is 1. The minimum atomic E-state index is -1.14. The molecule has 4 aromatic rings. The van der Waals surface area contributed by atoms with Gasteiger partial charge in [-0.1, -0.05) is 17.7 Å². The summed E-state index contributed by atoms with van der Waals surface area (Å²) in [6.07, 6.45) is 4.51. The zero-order chi connectivity index (χ0) is 28.3. The van der Waals surface area contributed by atoms with E-state index in [4.69, 9.17) is 16.3 Å². The second kappa shape index (κ2) is 11.8. The lowest BCUT2D eigenvalue weighted by Gasteiger charge is -2.38. The molecule has 40 heavy (non-hydrogen) atoms. The SMILES string of the molecule is CN(C)CCCOc1cccc(C(=O)N2CCC(O)(Cn3cnc4c(cnn4-c4ccc(Cl)cc4)c3=O)CC2)c1. The van der Waals surface area contributed by atoms with E-state index < -0.39 is 5.60 Å². The Morgan fingerprint density at radius 1 is 1.15 bits per heavy atom.